The maximum absolute atomic E-state index is 2.56. The number of rotatable bonds is 1. The van der Waals surface area contributed by atoms with Crippen LogP contribution in [0.1, 0.15) is 20.3 Å². The SMILES string of the molecule is CC(C)N1CC[B]CCC1. The summed E-state index contributed by atoms with van der Waals surface area (Å²) < 4.78 is 0. The average molecular weight is 138 g/mol. The largest absolute Gasteiger partial charge is 0.302 e. The van der Waals surface area contributed by atoms with E-state index in [-0.39, 0.29) is 0 Å². The van der Waals surface area contributed by atoms with E-state index in [0.29, 0.717) is 0 Å². The molecule has 0 atom stereocenters. The van der Waals surface area contributed by atoms with Gasteiger partial charge in [-0.05, 0) is 33.4 Å². The first kappa shape index (κ1) is 8.12. The molecule has 1 radical (unpaired) electrons. The van der Waals surface area contributed by atoms with Crippen LogP contribution in [-0.4, -0.2) is 31.3 Å². The molecule has 1 saturated heterocycles. The minimum Gasteiger partial charge on any atom is -0.302 e. The molecule has 57 valence electrons. The summed E-state index contributed by atoms with van der Waals surface area (Å²) in [6, 6.07) is 0.742. The normalized spacial score (nSPS) is 22.3. The molecule has 0 aromatic heterocycles. The summed E-state index contributed by atoms with van der Waals surface area (Å²) in [5.74, 6) is 0. The zero-order valence-electron chi connectivity index (χ0n) is 7.14. The van der Waals surface area contributed by atoms with E-state index in [1.54, 1.807) is 0 Å². The van der Waals surface area contributed by atoms with E-state index in [1.807, 2.05) is 0 Å². The van der Waals surface area contributed by atoms with Gasteiger partial charge >= 0.3 is 0 Å². The predicted molar refractivity (Wildman–Crippen MR) is 46.7 cm³/mol. The molecule has 2 heteroatoms. The molecule has 0 aliphatic carbocycles. The topological polar surface area (TPSA) is 3.24 Å². The number of hydrogen-bond donors (Lipinski definition) is 0. The molecular formula is C8H17BN. The highest BCUT2D eigenvalue weighted by Gasteiger charge is 2.11. The molecule has 10 heavy (non-hydrogen) atoms. The average Bonchev–Trinajstić information content (AvgIpc) is 2.12. The summed E-state index contributed by atoms with van der Waals surface area (Å²) in [4.78, 5) is 2.56. The Morgan fingerprint density at radius 3 is 2.70 bits per heavy atom. The lowest BCUT2D eigenvalue weighted by molar-refractivity contribution is 0.238. The lowest BCUT2D eigenvalue weighted by atomic mass is 9.71. The number of nitrogens with zero attached hydrogens (tertiary/aromatic N) is 1. The van der Waals surface area contributed by atoms with Crippen molar-refractivity contribution in [1.29, 1.82) is 0 Å². The van der Waals surface area contributed by atoms with E-state index in [1.165, 1.54) is 32.2 Å². The Morgan fingerprint density at radius 2 is 2.00 bits per heavy atom. The molecule has 1 aliphatic rings. The van der Waals surface area contributed by atoms with Gasteiger partial charge in [-0.1, -0.05) is 12.6 Å². The molecule has 1 nitrogen and oxygen atoms in total. The van der Waals surface area contributed by atoms with Gasteiger partial charge in [0.25, 0.3) is 0 Å². The van der Waals surface area contributed by atoms with Gasteiger partial charge in [0.2, 0.25) is 0 Å². The van der Waals surface area contributed by atoms with E-state index in [2.05, 4.69) is 26.0 Å². The third-order valence-corrected chi connectivity index (χ3v) is 2.20. The van der Waals surface area contributed by atoms with Crippen molar-refractivity contribution in [3.05, 3.63) is 0 Å². The van der Waals surface area contributed by atoms with Gasteiger partial charge < -0.3 is 4.90 Å². The van der Waals surface area contributed by atoms with E-state index >= 15 is 0 Å². The lowest BCUT2D eigenvalue weighted by Crippen LogP contribution is -2.31. The van der Waals surface area contributed by atoms with Crippen molar-refractivity contribution in [1.82, 2.24) is 4.90 Å². The van der Waals surface area contributed by atoms with Crippen molar-refractivity contribution < 1.29 is 0 Å². The first-order valence-corrected chi connectivity index (χ1v) is 4.36. The molecule has 1 fully saturated rings. The van der Waals surface area contributed by atoms with E-state index in [9.17, 15) is 0 Å². The predicted octanol–water partition coefficient (Wildman–Crippen LogP) is 1.64. The first-order chi connectivity index (χ1) is 4.80. The van der Waals surface area contributed by atoms with Crippen molar-refractivity contribution >= 4 is 7.28 Å². The standard InChI is InChI=1S/C8H17BN/c1-8(2)10-6-3-4-9-5-7-10/h8H,3-7H2,1-2H3. The Labute approximate surface area is 65.0 Å². The Hall–Kier alpha value is 0.0249. The van der Waals surface area contributed by atoms with Crippen molar-refractivity contribution in [2.45, 2.75) is 39.0 Å². The molecule has 1 aliphatic heterocycles. The van der Waals surface area contributed by atoms with E-state index < -0.39 is 0 Å². The number of hydrogen-bond acceptors (Lipinski definition) is 1. The van der Waals surface area contributed by atoms with Gasteiger partial charge in [0.15, 0.2) is 0 Å². The molecule has 0 bridgehead atoms. The van der Waals surface area contributed by atoms with Crippen LogP contribution in [0, 0.1) is 0 Å². The van der Waals surface area contributed by atoms with Crippen LogP contribution in [0.4, 0.5) is 0 Å². The van der Waals surface area contributed by atoms with Gasteiger partial charge in [0.05, 0.1) is 0 Å². The van der Waals surface area contributed by atoms with Crippen LogP contribution in [-0.2, 0) is 0 Å². The molecular weight excluding hydrogens is 121 g/mol. The van der Waals surface area contributed by atoms with E-state index in [0.717, 1.165) is 6.04 Å². The second kappa shape index (κ2) is 4.02. The molecule has 1 heterocycles. The van der Waals surface area contributed by atoms with Crippen LogP contribution in [0.15, 0.2) is 0 Å². The van der Waals surface area contributed by atoms with Gasteiger partial charge in [-0.3, -0.25) is 0 Å². The van der Waals surface area contributed by atoms with Crippen LogP contribution in [0.5, 0.6) is 0 Å². The van der Waals surface area contributed by atoms with Crippen LogP contribution in [0.2, 0.25) is 12.6 Å². The van der Waals surface area contributed by atoms with Gasteiger partial charge in [0.1, 0.15) is 7.28 Å². The smallest absolute Gasteiger partial charge is 0.111 e. The summed E-state index contributed by atoms with van der Waals surface area (Å²) in [6.45, 7) is 7.14. The molecule has 0 saturated carbocycles. The van der Waals surface area contributed by atoms with Gasteiger partial charge in [-0.2, -0.15) is 0 Å². The van der Waals surface area contributed by atoms with Crippen LogP contribution >= 0.6 is 0 Å². The summed E-state index contributed by atoms with van der Waals surface area (Å²) in [7, 11) is 2.42. The Morgan fingerprint density at radius 1 is 1.20 bits per heavy atom. The summed E-state index contributed by atoms with van der Waals surface area (Å²) in [6.07, 6.45) is 3.97. The summed E-state index contributed by atoms with van der Waals surface area (Å²) >= 11 is 0. The maximum atomic E-state index is 2.56. The Kier molecular flexibility index (Phi) is 3.27. The molecule has 0 aromatic rings. The highest BCUT2D eigenvalue weighted by atomic mass is 15.1. The zero-order valence-corrected chi connectivity index (χ0v) is 7.14. The third kappa shape index (κ3) is 2.33. The maximum Gasteiger partial charge on any atom is 0.111 e. The van der Waals surface area contributed by atoms with Crippen molar-refractivity contribution in [2.24, 2.45) is 0 Å². The van der Waals surface area contributed by atoms with Gasteiger partial charge in [0, 0.05) is 6.04 Å². The fraction of sp³-hybridized carbons (Fsp3) is 1.00. The lowest BCUT2D eigenvalue weighted by Gasteiger charge is -2.23. The molecule has 0 aromatic carbocycles. The highest BCUT2D eigenvalue weighted by molar-refractivity contribution is 6.35. The van der Waals surface area contributed by atoms with Crippen molar-refractivity contribution in [3.63, 3.8) is 0 Å². The molecule has 0 unspecified atom stereocenters. The second-order valence-electron chi connectivity index (χ2n) is 3.35. The fourth-order valence-electron chi connectivity index (χ4n) is 1.47. The van der Waals surface area contributed by atoms with Crippen LogP contribution in [0.25, 0.3) is 0 Å². The first-order valence-electron chi connectivity index (χ1n) is 4.36. The van der Waals surface area contributed by atoms with Crippen LogP contribution < -0.4 is 0 Å². The third-order valence-electron chi connectivity index (χ3n) is 2.20. The molecule has 1 rings (SSSR count). The van der Waals surface area contributed by atoms with Crippen molar-refractivity contribution in [2.75, 3.05) is 13.1 Å². The second-order valence-corrected chi connectivity index (χ2v) is 3.35. The molecule has 0 spiro atoms. The molecule has 0 amide bonds. The monoisotopic (exact) mass is 138 g/mol. The van der Waals surface area contributed by atoms with Gasteiger partial charge in [-0.15, -0.1) is 0 Å². The quantitative estimate of drug-likeness (QED) is 0.498. The van der Waals surface area contributed by atoms with Crippen molar-refractivity contribution in [3.8, 4) is 0 Å². The summed E-state index contributed by atoms with van der Waals surface area (Å²) in [5.41, 5.74) is 0. The minimum absolute atomic E-state index is 0.742. The Bertz CT molecular complexity index is 85.3. The fourth-order valence-corrected chi connectivity index (χ4v) is 1.47. The molecule has 0 N–H and O–H groups in total. The minimum atomic E-state index is 0.742. The highest BCUT2D eigenvalue weighted by Crippen LogP contribution is 2.07. The summed E-state index contributed by atoms with van der Waals surface area (Å²) in [5, 5.41) is 0. The zero-order chi connectivity index (χ0) is 7.40. The van der Waals surface area contributed by atoms with Gasteiger partial charge in [-0.25, -0.2) is 0 Å². The van der Waals surface area contributed by atoms with Crippen LogP contribution in [0.3, 0.4) is 0 Å². The Balaban J connectivity index is 2.28. The van der Waals surface area contributed by atoms with E-state index in [4.69, 9.17) is 0 Å².